The van der Waals surface area contributed by atoms with E-state index in [0.29, 0.717) is 23.2 Å². The van der Waals surface area contributed by atoms with Crippen molar-refractivity contribution >= 4 is 11.7 Å². The molecule has 0 aliphatic rings. The van der Waals surface area contributed by atoms with Crippen molar-refractivity contribution in [2.24, 2.45) is 0 Å². The second-order valence-corrected chi connectivity index (χ2v) is 5.73. The first-order valence-electron chi connectivity index (χ1n) is 8.26. The average molecular weight is 329 g/mol. The number of rotatable bonds is 6. The quantitative estimate of drug-likeness (QED) is 0.697. The van der Waals surface area contributed by atoms with Crippen molar-refractivity contribution in [2.45, 2.75) is 6.42 Å². The Morgan fingerprint density at radius 2 is 1.24 bits per heavy atom. The van der Waals surface area contributed by atoms with E-state index in [9.17, 15) is 9.59 Å². The lowest BCUT2D eigenvalue weighted by Crippen LogP contribution is -2.27. The lowest BCUT2D eigenvalue weighted by molar-refractivity contribution is 0.0942. The van der Waals surface area contributed by atoms with Gasteiger partial charge in [0.1, 0.15) is 0 Å². The predicted molar refractivity (Wildman–Crippen MR) is 98.8 cm³/mol. The predicted octanol–water partition coefficient (Wildman–Crippen LogP) is 3.89. The molecule has 3 aromatic carbocycles. The Morgan fingerprint density at radius 1 is 0.680 bits per heavy atom. The van der Waals surface area contributed by atoms with Crippen LogP contribution in [0.15, 0.2) is 84.9 Å². The highest BCUT2D eigenvalue weighted by Crippen LogP contribution is 2.14. The lowest BCUT2D eigenvalue weighted by atomic mass is 9.98. The molecule has 1 amide bonds. The summed E-state index contributed by atoms with van der Waals surface area (Å²) in [5.74, 6) is -0.370. The van der Waals surface area contributed by atoms with Crippen LogP contribution in [-0.2, 0) is 6.42 Å². The molecule has 0 saturated heterocycles. The molecule has 0 spiro atoms. The molecule has 0 fully saturated rings. The van der Waals surface area contributed by atoms with E-state index in [1.54, 1.807) is 36.4 Å². The Hall–Kier alpha value is -3.20. The molecule has 3 rings (SSSR count). The average Bonchev–Trinajstić information content (AvgIpc) is 2.69. The van der Waals surface area contributed by atoms with Gasteiger partial charge in [0.15, 0.2) is 5.78 Å². The minimum Gasteiger partial charge on any atom is -0.352 e. The molecule has 1 N–H and O–H groups in total. The Morgan fingerprint density at radius 3 is 1.92 bits per heavy atom. The number of ketones is 1. The molecular formula is C22H19NO2. The highest BCUT2D eigenvalue weighted by molar-refractivity contribution is 6.15. The van der Waals surface area contributed by atoms with Crippen LogP contribution in [0.1, 0.15) is 31.8 Å². The maximum atomic E-state index is 12.7. The first-order valence-corrected chi connectivity index (χ1v) is 8.26. The van der Waals surface area contributed by atoms with Gasteiger partial charge in [-0.15, -0.1) is 0 Å². The summed E-state index contributed by atoms with van der Waals surface area (Å²) in [5, 5.41) is 2.90. The molecular weight excluding hydrogens is 310 g/mol. The minimum absolute atomic E-state index is 0.144. The summed E-state index contributed by atoms with van der Waals surface area (Å²) in [6.45, 7) is 0.525. The van der Waals surface area contributed by atoms with Crippen molar-refractivity contribution in [1.29, 1.82) is 0 Å². The van der Waals surface area contributed by atoms with Gasteiger partial charge in [-0.05, 0) is 18.1 Å². The summed E-state index contributed by atoms with van der Waals surface area (Å²) in [5.41, 5.74) is 2.57. The zero-order chi connectivity index (χ0) is 17.5. The third-order valence-corrected chi connectivity index (χ3v) is 3.99. The van der Waals surface area contributed by atoms with E-state index in [0.717, 1.165) is 12.0 Å². The summed E-state index contributed by atoms with van der Waals surface area (Å²) in [6.07, 6.45) is 0.751. The number of carbonyl (C=O) groups is 2. The second kappa shape index (κ2) is 8.06. The Balaban J connectivity index is 1.72. The molecule has 0 aromatic heterocycles. The van der Waals surface area contributed by atoms with E-state index < -0.39 is 0 Å². The summed E-state index contributed by atoms with van der Waals surface area (Å²) >= 11 is 0. The van der Waals surface area contributed by atoms with Crippen molar-refractivity contribution in [2.75, 3.05) is 6.54 Å². The van der Waals surface area contributed by atoms with E-state index in [-0.39, 0.29) is 11.7 Å². The van der Waals surface area contributed by atoms with Gasteiger partial charge in [0.2, 0.25) is 0 Å². The van der Waals surface area contributed by atoms with E-state index in [4.69, 9.17) is 0 Å². The van der Waals surface area contributed by atoms with Crippen LogP contribution >= 0.6 is 0 Å². The third kappa shape index (κ3) is 4.21. The molecule has 0 saturated carbocycles. The van der Waals surface area contributed by atoms with Gasteiger partial charge < -0.3 is 5.32 Å². The molecule has 0 aliphatic carbocycles. The molecule has 0 heterocycles. The standard InChI is InChI=1S/C22H19NO2/c24-21(18-11-5-2-6-12-18)19-13-7-8-14-20(19)22(25)23-16-15-17-9-3-1-4-10-17/h1-14H,15-16H2,(H,23,25). The zero-order valence-corrected chi connectivity index (χ0v) is 13.8. The van der Waals surface area contributed by atoms with Crippen LogP contribution in [0.2, 0.25) is 0 Å². The number of amides is 1. The molecule has 3 aromatic rings. The molecule has 3 nitrogen and oxygen atoms in total. The molecule has 0 aliphatic heterocycles. The van der Waals surface area contributed by atoms with Gasteiger partial charge in [0.25, 0.3) is 5.91 Å². The Kier molecular flexibility index (Phi) is 5.37. The van der Waals surface area contributed by atoms with Crippen LogP contribution in [-0.4, -0.2) is 18.2 Å². The van der Waals surface area contributed by atoms with Crippen molar-refractivity contribution in [1.82, 2.24) is 5.32 Å². The van der Waals surface area contributed by atoms with Crippen LogP contribution in [0, 0.1) is 0 Å². The van der Waals surface area contributed by atoms with Gasteiger partial charge in [-0.2, -0.15) is 0 Å². The largest absolute Gasteiger partial charge is 0.352 e. The van der Waals surface area contributed by atoms with Crippen LogP contribution in [0.5, 0.6) is 0 Å². The van der Waals surface area contributed by atoms with Gasteiger partial charge >= 0.3 is 0 Å². The van der Waals surface area contributed by atoms with E-state index >= 15 is 0 Å². The van der Waals surface area contributed by atoms with Gasteiger partial charge in [-0.25, -0.2) is 0 Å². The molecule has 0 atom stereocenters. The first kappa shape index (κ1) is 16.7. The fourth-order valence-electron chi connectivity index (χ4n) is 2.68. The highest BCUT2D eigenvalue weighted by atomic mass is 16.2. The summed E-state index contributed by atoms with van der Waals surface area (Å²) in [7, 11) is 0. The Labute approximate surface area is 147 Å². The van der Waals surface area contributed by atoms with Crippen molar-refractivity contribution in [3.63, 3.8) is 0 Å². The van der Waals surface area contributed by atoms with E-state index in [2.05, 4.69) is 5.32 Å². The maximum Gasteiger partial charge on any atom is 0.252 e. The smallest absolute Gasteiger partial charge is 0.252 e. The Bertz CT molecular complexity index is 857. The molecule has 124 valence electrons. The molecule has 0 unspecified atom stereocenters. The number of hydrogen-bond donors (Lipinski definition) is 1. The van der Waals surface area contributed by atoms with Crippen molar-refractivity contribution < 1.29 is 9.59 Å². The van der Waals surface area contributed by atoms with Crippen molar-refractivity contribution in [3.8, 4) is 0 Å². The third-order valence-electron chi connectivity index (χ3n) is 3.99. The lowest BCUT2D eigenvalue weighted by Gasteiger charge is -2.10. The minimum atomic E-state index is -0.226. The second-order valence-electron chi connectivity index (χ2n) is 5.73. The first-order chi connectivity index (χ1) is 12.3. The maximum absolute atomic E-state index is 12.7. The summed E-state index contributed by atoms with van der Waals surface area (Å²) in [4.78, 5) is 25.2. The summed E-state index contributed by atoms with van der Waals surface area (Å²) < 4.78 is 0. The van der Waals surface area contributed by atoms with Crippen LogP contribution in [0.3, 0.4) is 0 Å². The fourth-order valence-corrected chi connectivity index (χ4v) is 2.68. The number of benzene rings is 3. The topological polar surface area (TPSA) is 46.2 Å². The summed E-state index contributed by atoms with van der Waals surface area (Å²) in [6, 6.07) is 25.9. The normalized spacial score (nSPS) is 10.2. The van der Waals surface area contributed by atoms with Gasteiger partial charge in [0, 0.05) is 17.7 Å². The number of nitrogens with one attached hydrogen (secondary N) is 1. The van der Waals surface area contributed by atoms with E-state index in [1.165, 1.54) is 0 Å². The zero-order valence-electron chi connectivity index (χ0n) is 13.8. The molecule has 0 bridgehead atoms. The number of carbonyl (C=O) groups excluding carboxylic acids is 2. The molecule has 25 heavy (non-hydrogen) atoms. The van der Waals surface area contributed by atoms with Crippen LogP contribution in [0.25, 0.3) is 0 Å². The van der Waals surface area contributed by atoms with Gasteiger partial charge in [-0.1, -0.05) is 78.9 Å². The van der Waals surface area contributed by atoms with Crippen LogP contribution in [0.4, 0.5) is 0 Å². The van der Waals surface area contributed by atoms with Crippen molar-refractivity contribution in [3.05, 3.63) is 107 Å². The highest BCUT2D eigenvalue weighted by Gasteiger charge is 2.17. The van der Waals surface area contributed by atoms with Gasteiger partial charge in [-0.3, -0.25) is 9.59 Å². The van der Waals surface area contributed by atoms with Gasteiger partial charge in [0.05, 0.1) is 5.56 Å². The molecule has 3 heteroatoms. The van der Waals surface area contributed by atoms with Crippen LogP contribution < -0.4 is 5.32 Å². The SMILES string of the molecule is O=C(NCCc1ccccc1)c1ccccc1C(=O)c1ccccc1. The fraction of sp³-hybridized carbons (Fsp3) is 0.0909. The monoisotopic (exact) mass is 329 g/mol. The number of hydrogen-bond acceptors (Lipinski definition) is 2. The molecule has 0 radical (unpaired) electrons. The van der Waals surface area contributed by atoms with E-state index in [1.807, 2.05) is 48.5 Å².